The van der Waals surface area contributed by atoms with Crippen LogP contribution in [0.2, 0.25) is 0 Å². The van der Waals surface area contributed by atoms with Crippen LogP contribution in [0.25, 0.3) is 0 Å². The van der Waals surface area contributed by atoms with Crippen LogP contribution in [0.1, 0.15) is 49.8 Å². The van der Waals surface area contributed by atoms with Crippen molar-refractivity contribution in [1.29, 1.82) is 0 Å². The summed E-state index contributed by atoms with van der Waals surface area (Å²) in [5.74, 6) is -0.730. The molecule has 0 aliphatic heterocycles. The number of rotatable bonds is 10. The zero-order valence-electron chi connectivity index (χ0n) is 15.0. The maximum Gasteiger partial charge on any atom is 0.305 e. The third kappa shape index (κ3) is 6.56. The van der Waals surface area contributed by atoms with Crippen LogP contribution in [-0.2, 0) is 9.53 Å². The van der Waals surface area contributed by atoms with E-state index >= 15 is 0 Å². The Hall–Kier alpha value is -2.27. The van der Waals surface area contributed by atoms with Gasteiger partial charge in [-0.05, 0) is 61.7 Å². The molecule has 0 aromatic heterocycles. The van der Waals surface area contributed by atoms with Gasteiger partial charge in [-0.1, -0.05) is 30.7 Å². The molecule has 0 aliphatic carbocycles. The summed E-state index contributed by atoms with van der Waals surface area (Å²) in [5.41, 5.74) is 1.84. The predicted octanol–water partition coefficient (Wildman–Crippen LogP) is 4.77. The van der Waals surface area contributed by atoms with Crippen molar-refractivity contribution in [3.8, 4) is 0 Å². The van der Waals surface area contributed by atoms with Gasteiger partial charge in [0.2, 0.25) is 0 Å². The summed E-state index contributed by atoms with van der Waals surface area (Å²) in [7, 11) is 0. The Morgan fingerprint density at radius 3 is 1.96 bits per heavy atom. The molecule has 0 fully saturated rings. The van der Waals surface area contributed by atoms with E-state index in [4.69, 9.17) is 4.74 Å². The molecule has 0 unspecified atom stereocenters. The number of halogens is 2. The van der Waals surface area contributed by atoms with E-state index in [0.29, 0.717) is 13.0 Å². The first-order valence-corrected chi connectivity index (χ1v) is 9.00. The average molecular weight is 361 g/mol. The number of hydrogen-bond donors (Lipinski definition) is 1. The van der Waals surface area contributed by atoms with Crippen molar-refractivity contribution in [3.05, 3.63) is 71.3 Å². The van der Waals surface area contributed by atoms with Crippen molar-refractivity contribution >= 4 is 5.97 Å². The number of carbonyl (C=O) groups excluding carboxylic acids is 1. The first-order chi connectivity index (χ1) is 12.6. The molecule has 0 aliphatic rings. The predicted molar refractivity (Wildman–Crippen MR) is 97.7 cm³/mol. The number of benzene rings is 2. The highest BCUT2D eigenvalue weighted by molar-refractivity contribution is 5.69. The average Bonchev–Trinajstić information content (AvgIpc) is 2.63. The number of unbranched alkanes of at least 4 members (excludes halogenated alkanes) is 2. The third-order valence-electron chi connectivity index (χ3n) is 4.12. The van der Waals surface area contributed by atoms with Crippen molar-refractivity contribution in [1.82, 2.24) is 5.32 Å². The number of carbonyl (C=O) groups is 1. The van der Waals surface area contributed by atoms with Gasteiger partial charge in [-0.3, -0.25) is 4.79 Å². The number of hydrogen-bond acceptors (Lipinski definition) is 3. The molecule has 0 amide bonds. The highest BCUT2D eigenvalue weighted by Crippen LogP contribution is 2.23. The van der Waals surface area contributed by atoms with E-state index in [9.17, 15) is 13.6 Å². The van der Waals surface area contributed by atoms with Crippen molar-refractivity contribution in [2.45, 2.75) is 38.6 Å². The second-order valence-corrected chi connectivity index (χ2v) is 6.11. The Morgan fingerprint density at radius 1 is 0.923 bits per heavy atom. The molecular formula is C21H25F2NO2. The fourth-order valence-corrected chi connectivity index (χ4v) is 2.79. The molecule has 26 heavy (non-hydrogen) atoms. The molecular weight excluding hydrogens is 336 g/mol. The smallest absolute Gasteiger partial charge is 0.305 e. The Kier molecular flexibility index (Phi) is 8.22. The van der Waals surface area contributed by atoms with Crippen molar-refractivity contribution in [3.63, 3.8) is 0 Å². The molecule has 0 heterocycles. The molecule has 0 bridgehead atoms. The van der Waals surface area contributed by atoms with Gasteiger partial charge in [-0.25, -0.2) is 8.78 Å². The minimum absolute atomic E-state index is 0.138. The molecule has 0 spiro atoms. The number of ether oxygens (including phenoxy) is 1. The van der Waals surface area contributed by atoms with E-state index in [1.165, 1.54) is 24.3 Å². The Labute approximate surface area is 153 Å². The fraction of sp³-hybridized carbons (Fsp3) is 0.381. The van der Waals surface area contributed by atoms with Crippen LogP contribution in [0, 0.1) is 11.6 Å². The number of nitrogens with one attached hydrogen (secondary N) is 1. The van der Waals surface area contributed by atoms with Crippen LogP contribution >= 0.6 is 0 Å². The summed E-state index contributed by atoms with van der Waals surface area (Å²) in [6, 6.07) is 12.5. The normalized spacial score (nSPS) is 10.9. The van der Waals surface area contributed by atoms with Crippen molar-refractivity contribution in [2.75, 3.05) is 13.2 Å². The quantitative estimate of drug-likeness (QED) is 0.489. The van der Waals surface area contributed by atoms with Crippen LogP contribution in [-0.4, -0.2) is 19.1 Å². The third-order valence-corrected chi connectivity index (χ3v) is 4.12. The van der Waals surface area contributed by atoms with E-state index in [1.807, 2.05) is 0 Å². The molecule has 0 radical (unpaired) electrons. The maximum atomic E-state index is 13.2. The lowest BCUT2D eigenvalue weighted by molar-refractivity contribution is -0.143. The summed E-state index contributed by atoms with van der Waals surface area (Å²) in [4.78, 5) is 11.3. The highest BCUT2D eigenvalue weighted by Gasteiger charge is 2.13. The molecule has 1 N–H and O–H groups in total. The molecule has 0 atom stereocenters. The Balaban J connectivity index is 1.90. The SMILES string of the molecule is CCOC(=O)CCCCCNC(c1ccc(F)cc1)c1ccc(F)cc1. The minimum atomic E-state index is -0.287. The van der Waals surface area contributed by atoms with Crippen molar-refractivity contribution in [2.24, 2.45) is 0 Å². The second kappa shape index (κ2) is 10.7. The van der Waals surface area contributed by atoms with Crippen LogP contribution < -0.4 is 5.32 Å². The Bertz CT molecular complexity index is 626. The van der Waals surface area contributed by atoms with Gasteiger partial charge in [-0.15, -0.1) is 0 Å². The molecule has 0 saturated heterocycles. The lowest BCUT2D eigenvalue weighted by Crippen LogP contribution is -2.23. The summed E-state index contributed by atoms with van der Waals surface area (Å²) in [6.45, 7) is 2.95. The van der Waals surface area contributed by atoms with Gasteiger partial charge in [0.25, 0.3) is 0 Å². The summed E-state index contributed by atoms with van der Waals surface area (Å²) < 4.78 is 31.3. The minimum Gasteiger partial charge on any atom is -0.466 e. The van der Waals surface area contributed by atoms with Gasteiger partial charge in [0.05, 0.1) is 12.6 Å². The highest BCUT2D eigenvalue weighted by atomic mass is 19.1. The molecule has 2 aromatic rings. The van der Waals surface area contributed by atoms with Gasteiger partial charge in [0.15, 0.2) is 0 Å². The lowest BCUT2D eigenvalue weighted by Gasteiger charge is -2.20. The summed E-state index contributed by atoms with van der Waals surface area (Å²) in [5, 5.41) is 3.44. The van der Waals surface area contributed by atoms with E-state index in [0.717, 1.165) is 36.9 Å². The largest absolute Gasteiger partial charge is 0.466 e. The molecule has 0 saturated carbocycles. The van der Waals surface area contributed by atoms with Crippen molar-refractivity contribution < 1.29 is 18.3 Å². The summed E-state index contributed by atoms with van der Waals surface area (Å²) >= 11 is 0. The van der Waals surface area contributed by atoms with Gasteiger partial charge in [0.1, 0.15) is 11.6 Å². The van der Waals surface area contributed by atoms with Crippen LogP contribution in [0.4, 0.5) is 8.78 Å². The molecule has 140 valence electrons. The molecule has 3 nitrogen and oxygen atoms in total. The summed E-state index contributed by atoms with van der Waals surface area (Å²) in [6.07, 6.45) is 3.04. The van der Waals surface area contributed by atoms with E-state index < -0.39 is 0 Å². The van der Waals surface area contributed by atoms with E-state index in [-0.39, 0.29) is 23.6 Å². The standard InChI is InChI=1S/C21H25F2NO2/c1-2-26-20(25)6-4-3-5-15-24-21(16-7-11-18(22)12-8-16)17-9-13-19(23)14-10-17/h7-14,21,24H,2-6,15H2,1H3. The second-order valence-electron chi connectivity index (χ2n) is 6.11. The number of esters is 1. The fourth-order valence-electron chi connectivity index (χ4n) is 2.79. The first-order valence-electron chi connectivity index (χ1n) is 9.00. The molecule has 2 aromatic carbocycles. The van der Waals surface area contributed by atoms with Crippen LogP contribution in [0.3, 0.4) is 0 Å². The zero-order chi connectivity index (χ0) is 18.8. The lowest BCUT2D eigenvalue weighted by atomic mass is 9.98. The topological polar surface area (TPSA) is 38.3 Å². The van der Waals surface area contributed by atoms with Gasteiger partial charge in [-0.2, -0.15) is 0 Å². The van der Waals surface area contributed by atoms with Crippen LogP contribution in [0.5, 0.6) is 0 Å². The zero-order valence-corrected chi connectivity index (χ0v) is 15.0. The molecule has 2 rings (SSSR count). The van der Waals surface area contributed by atoms with E-state index in [2.05, 4.69) is 5.32 Å². The first kappa shape index (κ1) is 20.0. The van der Waals surface area contributed by atoms with Gasteiger partial charge >= 0.3 is 5.97 Å². The Morgan fingerprint density at radius 2 is 1.46 bits per heavy atom. The van der Waals surface area contributed by atoms with Gasteiger partial charge < -0.3 is 10.1 Å². The molecule has 5 heteroatoms. The van der Waals surface area contributed by atoms with E-state index in [1.54, 1.807) is 31.2 Å². The van der Waals surface area contributed by atoms with Gasteiger partial charge in [0, 0.05) is 6.42 Å². The maximum absolute atomic E-state index is 13.2. The van der Waals surface area contributed by atoms with Crippen LogP contribution in [0.15, 0.2) is 48.5 Å². The monoisotopic (exact) mass is 361 g/mol.